The van der Waals surface area contributed by atoms with E-state index in [1.807, 2.05) is 0 Å². The molecule has 0 radical (unpaired) electrons. The predicted molar refractivity (Wildman–Crippen MR) is 138 cm³/mol. The van der Waals surface area contributed by atoms with Gasteiger partial charge in [-0.05, 0) is 113 Å². The lowest BCUT2D eigenvalue weighted by molar-refractivity contribution is -0.136. The Balaban J connectivity index is 1.09. The van der Waals surface area contributed by atoms with Crippen LogP contribution >= 0.6 is 0 Å². The number of hydrogen-bond donors (Lipinski definition) is 3. The molecule has 5 aliphatic rings. The first-order valence-corrected chi connectivity index (χ1v) is 14.9. The fourth-order valence-electron chi connectivity index (χ4n) is 8.27. The van der Waals surface area contributed by atoms with Crippen molar-refractivity contribution < 1.29 is 4.79 Å². The van der Waals surface area contributed by atoms with Crippen molar-refractivity contribution >= 4 is 5.91 Å². The van der Waals surface area contributed by atoms with Crippen molar-refractivity contribution in [3.63, 3.8) is 0 Å². The lowest BCUT2D eigenvalue weighted by Crippen LogP contribution is -2.46. The van der Waals surface area contributed by atoms with Gasteiger partial charge in [0.25, 0.3) is 0 Å². The quantitative estimate of drug-likeness (QED) is 0.472. The maximum atomic E-state index is 13.0. The Morgan fingerprint density at radius 3 is 2.41 bits per heavy atom. The maximum Gasteiger partial charge on any atom is 0.225 e. The summed E-state index contributed by atoms with van der Waals surface area (Å²) in [6, 6.07) is 0.734. The molecule has 3 aliphatic carbocycles. The molecule has 6 heteroatoms. The number of nitrogens with one attached hydrogen (secondary N) is 2. The number of hydrogen-bond acceptors (Lipinski definition) is 5. The Morgan fingerprint density at radius 2 is 1.62 bits per heavy atom. The van der Waals surface area contributed by atoms with E-state index in [0.29, 0.717) is 17.7 Å². The molecule has 194 valence electrons. The molecule has 2 heterocycles. The minimum Gasteiger partial charge on any atom is -0.342 e. The van der Waals surface area contributed by atoms with Gasteiger partial charge in [0.05, 0.1) is 0 Å². The Hall–Kier alpha value is -0.690. The van der Waals surface area contributed by atoms with Gasteiger partial charge in [-0.15, -0.1) is 0 Å². The van der Waals surface area contributed by atoms with E-state index < -0.39 is 0 Å². The van der Waals surface area contributed by atoms with Gasteiger partial charge >= 0.3 is 0 Å². The summed E-state index contributed by atoms with van der Waals surface area (Å²) >= 11 is 0. The van der Waals surface area contributed by atoms with Gasteiger partial charge in [0.1, 0.15) is 0 Å². The van der Waals surface area contributed by atoms with Crippen molar-refractivity contribution in [2.75, 3.05) is 45.8 Å². The third kappa shape index (κ3) is 5.99. The second-order valence-electron chi connectivity index (χ2n) is 12.5. The number of nitrogens with two attached hydrogens (primary N) is 1. The van der Waals surface area contributed by atoms with Gasteiger partial charge in [0.15, 0.2) is 0 Å². The Bertz CT molecular complexity index is 645. The summed E-state index contributed by atoms with van der Waals surface area (Å²) in [5, 5.41) is 6.20. The Morgan fingerprint density at radius 1 is 0.853 bits per heavy atom. The van der Waals surface area contributed by atoms with Gasteiger partial charge < -0.3 is 16.0 Å². The van der Waals surface area contributed by atoms with Crippen molar-refractivity contribution in [3.8, 4) is 0 Å². The van der Waals surface area contributed by atoms with E-state index in [2.05, 4.69) is 20.7 Å². The van der Waals surface area contributed by atoms with Crippen LogP contribution in [0.2, 0.25) is 0 Å². The number of amides is 1. The van der Waals surface area contributed by atoms with Crippen molar-refractivity contribution in [1.82, 2.24) is 20.7 Å². The molecular weight excluding hydrogens is 422 g/mol. The molecule has 0 aromatic heterocycles. The highest BCUT2D eigenvalue weighted by Gasteiger charge is 2.43. The van der Waals surface area contributed by atoms with E-state index in [-0.39, 0.29) is 0 Å². The summed E-state index contributed by atoms with van der Waals surface area (Å²) in [4.78, 5) is 15.2. The van der Waals surface area contributed by atoms with Crippen LogP contribution in [0.15, 0.2) is 0 Å². The van der Waals surface area contributed by atoms with E-state index in [0.717, 1.165) is 75.3 Å². The van der Waals surface area contributed by atoms with Crippen LogP contribution in [0.1, 0.15) is 83.5 Å². The summed E-state index contributed by atoms with van der Waals surface area (Å²) in [5.74, 6) is 5.05. The summed E-state index contributed by atoms with van der Waals surface area (Å²) in [7, 11) is 0. The molecule has 5 unspecified atom stereocenters. The van der Waals surface area contributed by atoms with Gasteiger partial charge in [-0.25, -0.2) is 5.01 Å². The zero-order valence-electron chi connectivity index (χ0n) is 21.6. The molecule has 4 N–H and O–H groups in total. The smallest absolute Gasteiger partial charge is 0.225 e. The minimum absolute atomic E-state index is 0.295. The van der Waals surface area contributed by atoms with Gasteiger partial charge in [0.2, 0.25) is 5.91 Å². The highest BCUT2D eigenvalue weighted by atomic mass is 16.2. The molecule has 0 aromatic rings. The van der Waals surface area contributed by atoms with Crippen LogP contribution in [-0.4, -0.2) is 67.7 Å². The highest BCUT2D eigenvalue weighted by Crippen LogP contribution is 2.44. The highest BCUT2D eigenvalue weighted by molar-refractivity contribution is 5.79. The van der Waals surface area contributed by atoms with Crippen LogP contribution in [0.4, 0.5) is 0 Å². The molecule has 5 fully saturated rings. The number of nitrogens with zero attached hydrogens (tertiary/aromatic N) is 2. The van der Waals surface area contributed by atoms with Crippen LogP contribution in [-0.2, 0) is 4.79 Å². The number of carbonyl (C=O) groups is 1. The molecular formula is C28H51N5O. The summed E-state index contributed by atoms with van der Waals surface area (Å²) in [6.07, 6.45) is 17.2. The lowest BCUT2D eigenvalue weighted by Gasteiger charge is -2.42. The fraction of sp³-hybridized carbons (Fsp3) is 0.964. The zero-order chi connectivity index (χ0) is 23.3. The van der Waals surface area contributed by atoms with E-state index in [9.17, 15) is 4.79 Å². The van der Waals surface area contributed by atoms with Crippen LogP contribution in [0, 0.1) is 35.5 Å². The molecule has 3 saturated carbocycles. The first-order chi connectivity index (χ1) is 16.7. The topological polar surface area (TPSA) is 73.6 Å². The monoisotopic (exact) mass is 473 g/mol. The molecule has 2 saturated heterocycles. The Kier molecular flexibility index (Phi) is 8.84. The van der Waals surface area contributed by atoms with Crippen LogP contribution in [0.3, 0.4) is 0 Å². The molecule has 0 spiro atoms. The first-order valence-electron chi connectivity index (χ1n) is 14.9. The van der Waals surface area contributed by atoms with Crippen LogP contribution in [0.25, 0.3) is 0 Å². The van der Waals surface area contributed by atoms with Gasteiger partial charge in [-0.2, -0.15) is 0 Å². The lowest BCUT2D eigenvalue weighted by atomic mass is 9.68. The molecule has 0 aromatic carbocycles. The minimum atomic E-state index is 0.295. The second kappa shape index (κ2) is 12.0. The number of likely N-dealkylation sites (tertiary alicyclic amines) is 1. The number of hydrazine groups is 1. The molecule has 1 amide bonds. The molecule has 6 nitrogen and oxygen atoms in total. The van der Waals surface area contributed by atoms with E-state index in [1.165, 1.54) is 83.7 Å². The molecule has 34 heavy (non-hydrogen) atoms. The fourth-order valence-corrected chi connectivity index (χ4v) is 8.27. The zero-order valence-corrected chi connectivity index (χ0v) is 21.6. The first kappa shape index (κ1) is 25.0. The van der Waals surface area contributed by atoms with Gasteiger partial charge in [-0.3, -0.25) is 10.2 Å². The summed E-state index contributed by atoms with van der Waals surface area (Å²) in [5.41, 5.74) is 9.46. The molecule has 5 rings (SSSR count). The van der Waals surface area contributed by atoms with Crippen molar-refractivity contribution in [3.05, 3.63) is 0 Å². The maximum absolute atomic E-state index is 13.0. The number of fused-ring (bicyclic) bond motifs is 1. The number of rotatable bonds is 8. The van der Waals surface area contributed by atoms with E-state index in [4.69, 9.17) is 5.73 Å². The SMILES string of the molecule is NCCNCC1CCC(C2CCC3CNN(CC4CCCC(C(=O)N5CCCC5)C4)C3C2)CC1. The Labute approximate surface area is 208 Å². The van der Waals surface area contributed by atoms with Gasteiger partial charge in [0, 0.05) is 51.2 Å². The summed E-state index contributed by atoms with van der Waals surface area (Å²) < 4.78 is 0. The van der Waals surface area contributed by atoms with Crippen LogP contribution in [0.5, 0.6) is 0 Å². The standard InChI is InChI=1S/C28H51N5O/c29-12-13-30-18-21-6-8-23(9-7-21)24-10-11-26-19-31-33(27(26)17-24)20-22-4-3-5-25(16-22)28(34)32-14-1-2-15-32/h21-27,30-31H,1-20,29H2. The summed E-state index contributed by atoms with van der Waals surface area (Å²) in [6.45, 7) is 7.23. The average Bonchev–Trinajstić information content (AvgIpc) is 3.55. The van der Waals surface area contributed by atoms with Crippen molar-refractivity contribution in [2.45, 2.75) is 89.5 Å². The normalized spacial score (nSPS) is 39.3. The average molecular weight is 474 g/mol. The van der Waals surface area contributed by atoms with Gasteiger partial charge in [-0.1, -0.05) is 6.42 Å². The third-order valence-corrected chi connectivity index (χ3v) is 10.3. The third-order valence-electron chi connectivity index (χ3n) is 10.3. The van der Waals surface area contributed by atoms with Crippen LogP contribution < -0.4 is 16.5 Å². The largest absolute Gasteiger partial charge is 0.342 e. The van der Waals surface area contributed by atoms with Crippen molar-refractivity contribution in [1.29, 1.82) is 0 Å². The van der Waals surface area contributed by atoms with E-state index in [1.54, 1.807) is 0 Å². The van der Waals surface area contributed by atoms with Crippen molar-refractivity contribution in [2.24, 2.45) is 41.2 Å². The second-order valence-corrected chi connectivity index (χ2v) is 12.5. The number of carbonyl (C=O) groups excluding carboxylic acids is 1. The molecule has 5 atom stereocenters. The molecule has 2 aliphatic heterocycles. The predicted octanol–water partition coefficient (Wildman–Crippen LogP) is 3.38. The molecule has 0 bridgehead atoms. The van der Waals surface area contributed by atoms with E-state index >= 15 is 0 Å².